The van der Waals surface area contributed by atoms with E-state index in [2.05, 4.69) is 10.9 Å². The van der Waals surface area contributed by atoms with Crippen molar-refractivity contribution in [2.75, 3.05) is 0 Å². The predicted octanol–water partition coefficient (Wildman–Crippen LogP) is 3.31. The molecule has 0 fully saturated rings. The highest BCUT2D eigenvalue weighted by Gasteiger charge is 2.37. The van der Waals surface area contributed by atoms with E-state index in [1.807, 2.05) is 54.6 Å². The number of hydrogen-bond acceptors (Lipinski definition) is 5. The second kappa shape index (κ2) is 9.51. The zero-order valence-corrected chi connectivity index (χ0v) is 17.9. The minimum Gasteiger partial charge on any atom is -0.444 e. The van der Waals surface area contributed by atoms with E-state index < -0.39 is 29.7 Å². The first-order chi connectivity index (χ1) is 14.7. The largest absolute Gasteiger partial charge is 0.444 e. The van der Waals surface area contributed by atoms with Crippen molar-refractivity contribution >= 4 is 18.1 Å². The lowest BCUT2D eigenvalue weighted by Crippen LogP contribution is -2.56. The fourth-order valence-electron chi connectivity index (χ4n) is 3.22. The highest BCUT2D eigenvalue weighted by atomic mass is 16.6. The first-order valence-corrected chi connectivity index (χ1v) is 10.1. The summed E-state index contributed by atoms with van der Waals surface area (Å²) in [6.45, 7) is 5.61. The van der Waals surface area contributed by atoms with E-state index in [0.717, 1.165) is 16.7 Å². The van der Waals surface area contributed by atoms with E-state index in [4.69, 9.17) is 9.47 Å². The smallest absolute Gasteiger partial charge is 0.426 e. The number of rotatable bonds is 3. The Morgan fingerprint density at radius 1 is 0.968 bits per heavy atom. The summed E-state index contributed by atoms with van der Waals surface area (Å²) in [5.41, 5.74) is 6.64. The number of carbonyl (C=O) groups excluding carboxylic acids is 3. The molecule has 1 aliphatic rings. The highest BCUT2D eigenvalue weighted by molar-refractivity contribution is 5.87. The van der Waals surface area contributed by atoms with Crippen molar-refractivity contribution in [3.8, 4) is 0 Å². The maximum atomic E-state index is 12.8. The molecule has 2 aromatic carbocycles. The Morgan fingerprint density at radius 2 is 1.61 bits per heavy atom. The van der Waals surface area contributed by atoms with E-state index in [-0.39, 0.29) is 13.2 Å². The van der Waals surface area contributed by atoms with Gasteiger partial charge >= 0.3 is 12.2 Å². The van der Waals surface area contributed by atoms with Crippen molar-refractivity contribution in [3.63, 3.8) is 0 Å². The molecule has 164 valence electrons. The molecule has 8 heteroatoms. The van der Waals surface area contributed by atoms with E-state index in [1.165, 1.54) is 4.90 Å². The number of nitrogens with zero attached hydrogens (tertiary/aromatic N) is 1. The normalized spacial score (nSPS) is 15.5. The number of amides is 3. The average molecular weight is 425 g/mol. The van der Waals surface area contributed by atoms with Gasteiger partial charge in [0.15, 0.2) is 0 Å². The molecular formula is C23H27N3O5. The summed E-state index contributed by atoms with van der Waals surface area (Å²) in [4.78, 5) is 38.9. The maximum absolute atomic E-state index is 12.8. The first kappa shape index (κ1) is 22.1. The van der Waals surface area contributed by atoms with Crippen LogP contribution in [0.3, 0.4) is 0 Å². The summed E-state index contributed by atoms with van der Waals surface area (Å²) in [6.07, 6.45) is -1.08. The highest BCUT2D eigenvalue weighted by Crippen LogP contribution is 2.25. The van der Waals surface area contributed by atoms with Crippen molar-refractivity contribution in [2.45, 2.75) is 52.0 Å². The lowest BCUT2D eigenvalue weighted by molar-refractivity contribution is -0.128. The van der Waals surface area contributed by atoms with E-state index in [1.54, 1.807) is 20.8 Å². The van der Waals surface area contributed by atoms with Gasteiger partial charge in [0.1, 0.15) is 18.2 Å². The van der Waals surface area contributed by atoms with Crippen LogP contribution in [0.15, 0.2) is 54.6 Å². The average Bonchev–Trinajstić information content (AvgIpc) is 2.74. The zero-order valence-electron chi connectivity index (χ0n) is 17.9. The molecule has 3 amide bonds. The molecule has 2 N–H and O–H groups in total. The van der Waals surface area contributed by atoms with Crippen LogP contribution in [-0.2, 0) is 33.8 Å². The van der Waals surface area contributed by atoms with Gasteiger partial charge < -0.3 is 9.47 Å². The van der Waals surface area contributed by atoms with Gasteiger partial charge in [0.05, 0.1) is 6.54 Å². The van der Waals surface area contributed by atoms with Gasteiger partial charge in [0, 0.05) is 6.42 Å². The summed E-state index contributed by atoms with van der Waals surface area (Å²) in [5.74, 6) is -0.531. The molecule has 0 saturated heterocycles. The molecule has 0 bridgehead atoms. The molecular weight excluding hydrogens is 398 g/mol. The summed E-state index contributed by atoms with van der Waals surface area (Å²) < 4.78 is 10.6. The SMILES string of the molecule is CC(C)(C)OC(=O)N1Cc2ccccc2CC1C(=O)NNC(=O)OCc1ccccc1. The van der Waals surface area contributed by atoms with Crippen molar-refractivity contribution < 1.29 is 23.9 Å². The van der Waals surface area contributed by atoms with Crippen LogP contribution < -0.4 is 10.9 Å². The van der Waals surface area contributed by atoms with Gasteiger partial charge in [-0.15, -0.1) is 0 Å². The third-order valence-electron chi connectivity index (χ3n) is 4.68. The number of carbonyl (C=O) groups is 3. The van der Waals surface area contributed by atoms with Gasteiger partial charge in [-0.1, -0.05) is 54.6 Å². The van der Waals surface area contributed by atoms with Crippen LogP contribution >= 0.6 is 0 Å². The summed E-state index contributed by atoms with van der Waals surface area (Å²) in [6, 6.07) is 16.0. The Hall–Kier alpha value is -3.55. The molecule has 1 heterocycles. The molecule has 8 nitrogen and oxygen atoms in total. The van der Waals surface area contributed by atoms with Crippen molar-refractivity contribution in [1.82, 2.24) is 15.8 Å². The van der Waals surface area contributed by atoms with Gasteiger partial charge in [0.25, 0.3) is 5.91 Å². The molecule has 0 aliphatic carbocycles. The topological polar surface area (TPSA) is 97.0 Å². The van der Waals surface area contributed by atoms with Crippen LogP contribution in [0.5, 0.6) is 0 Å². The molecule has 1 unspecified atom stereocenters. The van der Waals surface area contributed by atoms with E-state index >= 15 is 0 Å². The molecule has 31 heavy (non-hydrogen) atoms. The summed E-state index contributed by atoms with van der Waals surface area (Å²) in [5, 5.41) is 0. The molecule has 0 radical (unpaired) electrons. The predicted molar refractivity (Wildman–Crippen MR) is 114 cm³/mol. The third-order valence-corrected chi connectivity index (χ3v) is 4.68. The molecule has 0 aromatic heterocycles. The number of hydrogen-bond donors (Lipinski definition) is 2. The molecule has 1 aliphatic heterocycles. The van der Waals surface area contributed by atoms with Crippen molar-refractivity contribution in [1.29, 1.82) is 0 Å². The minimum absolute atomic E-state index is 0.0728. The Morgan fingerprint density at radius 3 is 2.29 bits per heavy atom. The van der Waals surface area contributed by atoms with Crippen LogP contribution in [0.25, 0.3) is 0 Å². The van der Waals surface area contributed by atoms with Gasteiger partial charge in [0.2, 0.25) is 0 Å². The summed E-state index contributed by atoms with van der Waals surface area (Å²) >= 11 is 0. The van der Waals surface area contributed by atoms with Crippen LogP contribution in [0, 0.1) is 0 Å². The van der Waals surface area contributed by atoms with Crippen molar-refractivity contribution in [2.24, 2.45) is 0 Å². The lowest BCUT2D eigenvalue weighted by Gasteiger charge is -2.36. The summed E-state index contributed by atoms with van der Waals surface area (Å²) in [7, 11) is 0. The second-order valence-electron chi connectivity index (χ2n) is 8.27. The number of hydrazine groups is 1. The van der Waals surface area contributed by atoms with E-state index in [9.17, 15) is 14.4 Å². The number of nitrogens with one attached hydrogen (secondary N) is 2. The van der Waals surface area contributed by atoms with Crippen molar-refractivity contribution in [3.05, 3.63) is 71.3 Å². The molecule has 3 rings (SSSR count). The molecule has 1 atom stereocenters. The Bertz CT molecular complexity index is 940. The molecule has 0 spiro atoms. The minimum atomic E-state index is -0.834. The fourth-order valence-corrected chi connectivity index (χ4v) is 3.22. The fraction of sp³-hybridized carbons (Fsp3) is 0.348. The maximum Gasteiger partial charge on any atom is 0.426 e. The Balaban J connectivity index is 1.63. The van der Waals surface area contributed by atoms with Crippen LogP contribution in [-0.4, -0.2) is 34.6 Å². The van der Waals surface area contributed by atoms with Gasteiger partial charge in [-0.3, -0.25) is 15.1 Å². The number of benzene rings is 2. The van der Waals surface area contributed by atoms with Crippen LogP contribution in [0.1, 0.15) is 37.5 Å². The van der Waals surface area contributed by atoms with E-state index in [0.29, 0.717) is 6.42 Å². The standard InChI is InChI=1S/C23H27N3O5/c1-23(2,3)31-22(29)26-14-18-12-8-7-11-17(18)13-19(26)20(27)24-25-21(28)30-15-16-9-5-4-6-10-16/h4-12,19H,13-15H2,1-3H3,(H,24,27)(H,25,28). The van der Waals surface area contributed by atoms with Crippen LogP contribution in [0.4, 0.5) is 9.59 Å². The lowest BCUT2D eigenvalue weighted by atomic mass is 9.94. The van der Waals surface area contributed by atoms with Crippen LogP contribution in [0.2, 0.25) is 0 Å². The quantitative estimate of drug-likeness (QED) is 0.736. The molecule has 0 saturated carbocycles. The van der Waals surface area contributed by atoms with Gasteiger partial charge in [-0.25, -0.2) is 15.0 Å². The Labute approximate surface area is 181 Å². The first-order valence-electron chi connectivity index (χ1n) is 10.1. The zero-order chi connectivity index (χ0) is 22.4. The monoisotopic (exact) mass is 425 g/mol. The van der Waals surface area contributed by atoms with Gasteiger partial charge in [-0.2, -0.15) is 0 Å². The number of ether oxygens (including phenoxy) is 2. The van der Waals surface area contributed by atoms with Gasteiger partial charge in [-0.05, 0) is 37.5 Å². The molecule has 2 aromatic rings. The Kier molecular flexibility index (Phi) is 6.79. The third kappa shape index (κ3) is 6.21. The second-order valence-corrected chi connectivity index (χ2v) is 8.27. The number of fused-ring (bicyclic) bond motifs is 1.